The molecule has 1 aromatic rings. The molecule has 3 rings (SSSR count). The molecule has 1 atom stereocenters. The number of aryl methyl sites for hydroxylation is 2. The van der Waals surface area contributed by atoms with E-state index in [9.17, 15) is 9.59 Å². The molecule has 0 bridgehead atoms. The van der Waals surface area contributed by atoms with Crippen molar-refractivity contribution < 1.29 is 9.59 Å². The van der Waals surface area contributed by atoms with Crippen LogP contribution in [0.5, 0.6) is 0 Å². The van der Waals surface area contributed by atoms with Crippen LogP contribution in [0.4, 0.5) is 5.69 Å². The number of likely N-dealkylation sites (N-methyl/N-ethyl adjacent to an activating group) is 1. The van der Waals surface area contributed by atoms with Gasteiger partial charge in [0.05, 0.1) is 5.92 Å². The van der Waals surface area contributed by atoms with Crippen LogP contribution in [0.25, 0.3) is 0 Å². The number of rotatable bonds is 3. The maximum Gasteiger partial charge on any atom is 0.228 e. The number of amides is 2. The van der Waals surface area contributed by atoms with Gasteiger partial charge in [0.2, 0.25) is 11.8 Å². The molecule has 5 nitrogen and oxygen atoms in total. The Morgan fingerprint density at radius 2 is 1.71 bits per heavy atom. The van der Waals surface area contributed by atoms with Crippen LogP contribution in [0.2, 0.25) is 0 Å². The van der Waals surface area contributed by atoms with Crippen molar-refractivity contribution in [2.75, 3.05) is 44.2 Å². The first-order chi connectivity index (χ1) is 11.5. The van der Waals surface area contributed by atoms with Crippen molar-refractivity contribution in [3.05, 3.63) is 29.3 Å². The number of carbonyl (C=O) groups is 2. The van der Waals surface area contributed by atoms with E-state index in [1.807, 2.05) is 30.9 Å². The van der Waals surface area contributed by atoms with Crippen molar-refractivity contribution >= 4 is 17.5 Å². The Morgan fingerprint density at radius 3 is 2.29 bits per heavy atom. The smallest absolute Gasteiger partial charge is 0.228 e. The Hall–Kier alpha value is -1.88. The number of anilines is 1. The Labute approximate surface area is 144 Å². The van der Waals surface area contributed by atoms with Crippen molar-refractivity contribution in [3.8, 4) is 0 Å². The minimum absolute atomic E-state index is 0.0607. The predicted molar refractivity (Wildman–Crippen MR) is 95.1 cm³/mol. The van der Waals surface area contributed by atoms with Crippen LogP contribution < -0.4 is 4.90 Å². The van der Waals surface area contributed by atoms with Crippen molar-refractivity contribution in [3.63, 3.8) is 0 Å². The lowest BCUT2D eigenvalue weighted by Gasteiger charge is -2.35. The molecule has 0 radical (unpaired) electrons. The molecule has 0 aliphatic carbocycles. The highest BCUT2D eigenvalue weighted by atomic mass is 16.2. The third-order valence-electron chi connectivity index (χ3n) is 5.12. The number of hydrogen-bond acceptors (Lipinski definition) is 3. The molecule has 130 valence electrons. The van der Waals surface area contributed by atoms with Crippen LogP contribution in [0, 0.1) is 19.8 Å². The average molecular weight is 329 g/mol. The van der Waals surface area contributed by atoms with Gasteiger partial charge in [-0.15, -0.1) is 0 Å². The molecule has 0 aromatic heterocycles. The Morgan fingerprint density at radius 1 is 1.08 bits per heavy atom. The zero-order valence-corrected chi connectivity index (χ0v) is 14.9. The van der Waals surface area contributed by atoms with Crippen LogP contribution in [0.3, 0.4) is 0 Å². The molecule has 2 amide bonds. The molecular weight excluding hydrogens is 302 g/mol. The van der Waals surface area contributed by atoms with Gasteiger partial charge in [0.15, 0.2) is 0 Å². The molecule has 5 heteroatoms. The normalized spacial score (nSPS) is 22.3. The quantitative estimate of drug-likeness (QED) is 0.850. The molecule has 2 heterocycles. The number of piperazine rings is 1. The van der Waals surface area contributed by atoms with Crippen molar-refractivity contribution in [1.82, 2.24) is 9.80 Å². The van der Waals surface area contributed by atoms with Gasteiger partial charge >= 0.3 is 0 Å². The molecule has 2 aliphatic heterocycles. The molecule has 1 unspecified atom stereocenters. The lowest BCUT2D eigenvalue weighted by atomic mass is 10.1. The Bertz CT molecular complexity index is 615. The summed E-state index contributed by atoms with van der Waals surface area (Å²) in [5, 5.41) is 0. The van der Waals surface area contributed by atoms with Gasteiger partial charge in [-0.1, -0.05) is 13.0 Å². The Kier molecular flexibility index (Phi) is 4.90. The number of carbonyl (C=O) groups excluding carboxylic acids is 2. The maximum absolute atomic E-state index is 12.8. The zero-order valence-electron chi connectivity index (χ0n) is 14.9. The predicted octanol–water partition coefficient (Wildman–Crippen LogP) is 1.82. The van der Waals surface area contributed by atoms with Crippen molar-refractivity contribution in [2.24, 2.45) is 5.92 Å². The second-order valence-corrected chi connectivity index (χ2v) is 7.01. The van der Waals surface area contributed by atoms with Gasteiger partial charge in [-0.2, -0.15) is 0 Å². The van der Waals surface area contributed by atoms with Crippen molar-refractivity contribution in [1.29, 1.82) is 0 Å². The highest BCUT2D eigenvalue weighted by Gasteiger charge is 2.37. The molecule has 2 fully saturated rings. The summed E-state index contributed by atoms with van der Waals surface area (Å²) in [7, 11) is 0. The summed E-state index contributed by atoms with van der Waals surface area (Å²) in [5.74, 6) is 0.00279. The highest BCUT2D eigenvalue weighted by molar-refractivity contribution is 6.00. The molecule has 0 N–H and O–H groups in total. The summed E-state index contributed by atoms with van der Waals surface area (Å²) in [4.78, 5) is 31.3. The number of nitrogens with zero attached hydrogens (tertiary/aromatic N) is 3. The van der Waals surface area contributed by atoms with Crippen LogP contribution in [-0.2, 0) is 9.59 Å². The lowest BCUT2D eigenvalue weighted by molar-refractivity contribution is -0.137. The van der Waals surface area contributed by atoms with Crippen LogP contribution in [0.15, 0.2) is 18.2 Å². The molecule has 24 heavy (non-hydrogen) atoms. The third-order valence-corrected chi connectivity index (χ3v) is 5.12. The van der Waals surface area contributed by atoms with E-state index in [2.05, 4.69) is 17.9 Å². The summed E-state index contributed by atoms with van der Waals surface area (Å²) in [5.41, 5.74) is 3.20. The third kappa shape index (κ3) is 3.46. The summed E-state index contributed by atoms with van der Waals surface area (Å²) in [6.07, 6.45) is 0.333. The summed E-state index contributed by atoms with van der Waals surface area (Å²) < 4.78 is 0. The largest absolute Gasteiger partial charge is 0.340 e. The fourth-order valence-electron chi connectivity index (χ4n) is 3.77. The minimum atomic E-state index is -0.202. The first-order valence-electron chi connectivity index (χ1n) is 8.87. The van der Waals surface area contributed by atoms with Gasteiger partial charge < -0.3 is 14.7 Å². The number of hydrogen-bond donors (Lipinski definition) is 0. The SMILES string of the molecule is CCN1CCN(C(=O)C2CC(=O)N(c3cc(C)cc(C)c3)C2)CC1. The van der Waals surface area contributed by atoms with Crippen LogP contribution in [0.1, 0.15) is 24.5 Å². The molecule has 2 aliphatic rings. The number of benzene rings is 1. The van der Waals surface area contributed by atoms with E-state index >= 15 is 0 Å². The van der Waals surface area contributed by atoms with E-state index in [0.29, 0.717) is 13.0 Å². The average Bonchev–Trinajstić information content (AvgIpc) is 2.95. The molecule has 2 saturated heterocycles. The van der Waals surface area contributed by atoms with Crippen LogP contribution in [-0.4, -0.2) is 60.9 Å². The zero-order chi connectivity index (χ0) is 17.3. The summed E-state index contributed by atoms with van der Waals surface area (Å²) >= 11 is 0. The van der Waals surface area contributed by atoms with E-state index in [1.165, 1.54) is 0 Å². The lowest BCUT2D eigenvalue weighted by Crippen LogP contribution is -2.50. The van der Waals surface area contributed by atoms with Gasteiger partial charge in [-0.25, -0.2) is 0 Å². The Balaban J connectivity index is 1.67. The fraction of sp³-hybridized carbons (Fsp3) is 0.579. The standard InChI is InChI=1S/C19H27N3O2/c1-4-20-5-7-21(8-6-20)19(24)16-12-18(23)22(13-16)17-10-14(2)9-15(3)11-17/h9-11,16H,4-8,12-13H2,1-3H3. The molecular formula is C19H27N3O2. The summed E-state index contributed by atoms with van der Waals surface area (Å²) in [6.45, 7) is 11.2. The van der Waals surface area contributed by atoms with Gasteiger partial charge in [0.1, 0.15) is 0 Å². The summed E-state index contributed by atoms with van der Waals surface area (Å²) in [6, 6.07) is 6.15. The van der Waals surface area contributed by atoms with Gasteiger partial charge in [-0.3, -0.25) is 9.59 Å². The second kappa shape index (κ2) is 6.93. The fourth-order valence-corrected chi connectivity index (χ4v) is 3.77. The van der Waals surface area contributed by atoms with E-state index in [4.69, 9.17) is 0 Å². The molecule has 0 saturated carbocycles. The van der Waals surface area contributed by atoms with E-state index in [-0.39, 0.29) is 17.7 Å². The van der Waals surface area contributed by atoms with E-state index < -0.39 is 0 Å². The first kappa shape index (κ1) is 17.0. The van der Waals surface area contributed by atoms with E-state index in [1.54, 1.807) is 4.90 Å². The maximum atomic E-state index is 12.8. The van der Waals surface area contributed by atoms with Crippen molar-refractivity contribution in [2.45, 2.75) is 27.2 Å². The van der Waals surface area contributed by atoms with Gasteiger partial charge in [0, 0.05) is 44.8 Å². The first-order valence-corrected chi connectivity index (χ1v) is 8.87. The monoisotopic (exact) mass is 329 g/mol. The van der Waals surface area contributed by atoms with Gasteiger partial charge in [0.25, 0.3) is 0 Å². The molecule has 1 aromatic carbocycles. The topological polar surface area (TPSA) is 43.9 Å². The highest BCUT2D eigenvalue weighted by Crippen LogP contribution is 2.28. The second-order valence-electron chi connectivity index (χ2n) is 7.01. The molecule has 0 spiro atoms. The van der Waals surface area contributed by atoms with Crippen LogP contribution >= 0.6 is 0 Å². The minimum Gasteiger partial charge on any atom is -0.340 e. The van der Waals surface area contributed by atoms with Gasteiger partial charge in [-0.05, 0) is 43.7 Å². The van der Waals surface area contributed by atoms with E-state index in [0.717, 1.165) is 49.5 Å².